The molecule has 0 saturated carbocycles. The molecule has 3 rings (SSSR count). The van der Waals surface area contributed by atoms with Gasteiger partial charge in [0, 0.05) is 13.1 Å². The fourth-order valence-electron chi connectivity index (χ4n) is 2.43. The van der Waals surface area contributed by atoms with E-state index < -0.39 is 5.82 Å². The Morgan fingerprint density at radius 1 is 1.10 bits per heavy atom. The molecule has 1 aliphatic rings. The monoisotopic (exact) mass is 270 g/mol. The summed E-state index contributed by atoms with van der Waals surface area (Å²) in [6.45, 7) is 1.38. The van der Waals surface area contributed by atoms with Crippen LogP contribution in [0.25, 0.3) is 0 Å². The highest BCUT2D eigenvalue weighted by molar-refractivity contribution is 6.08. The van der Waals surface area contributed by atoms with Gasteiger partial charge in [0.25, 0.3) is 5.91 Å². The lowest BCUT2D eigenvalue weighted by molar-refractivity contribution is 0.0983. The van der Waals surface area contributed by atoms with Gasteiger partial charge in [-0.05, 0) is 30.7 Å². The van der Waals surface area contributed by atoms with Gasteiger partial charge in [-0.15, -0.1) is 0 Å². The molecule has 1 heterocycles. The summed E-state index contributed by atoms with van der Waals surface area (Å²) in [5, 5.41) is 3.29. The molecule has 102 valence electrons. The molecule has 2 aromatic carbocycles. The Morgan fingerprint density at radius 3 is 2.70 bits per heavy atom. The van der Waals surface area contributed by atoms with E-state index >= 15 is 0 Å². The van der Waals surface area contributed by atoms with Crippen LogP contribution < -0.4 is 10.2 Å². The summed E-state index contributed by atoms with van der Waals surface area (Å²) in [5.74, 6) is -0.772. The highest BCUT2D eigenvalue weighted by atomic mass is 19.1. The van der Waals surface area contributed by atoms with Gasteiger partial charge in [-0.25, -0.2) is 4.39 Å². The normalized spacial score (nSPS) is 14.2. The Morgan fingerprint density at radius 2 is 1.85 bits per heavy atom. The maximum Gasteiger partial charge on any atom is 0.261 e. The lowest BCUT2D eigenvalue weighted by Crippen LogP contribution is -2.32. The van der Waals surface area contributed by atoms with Crippen LogP contribution in [0.5, 0.6) is 0 Å². The largest absolute Gasteiger partial charge is 0.383 e. The van der Waals surface area contributed by atoms with Crippen molar-refractivity contribution in [2.75, 3.05) is 23.3 Å². The van der Waals surface area contributed by atoms with Crippen LogP contribution in [0.4, 0.5) is 15.8 Å². The van der Waals surface area contributed by atoms with Crippen LogP contribution in [-0.4, -0.2) is 19.0 Å². The number of benzene rings is 2. The Labute approximate surface area is 117 Å². The molecule has 0 spiro atoms. The van der Waals surface area contributed by atoms with E-state index in [1.54, 1.807) is 17.0 Å². The molecule has 1 aliphatic heterocycles. The van der Waals surface area contributed by atoms with E-state index in [1.165, 1.54) is 12.1 Å². The van der Waals surface area contributed by atoms with Crippen LogP contribution in [0.3, 0.4) is 0 Å². The third kappa shape index (κ3) is 2.25. The maximum atomic E-state index is 13.8. The van der Waals surface area contributed by atoms with Gasteiger partial charge in [-0.2, -0.15) is 0 Å². The molecule has 1 amide bonds. The van der Waals surface area contributed by atoms with Crippen molar-refractivity contribution in [2.45, 2.75) is 6.42 Å². The molecule has 0 aliphatic carbocycles. The van der Waals surface area contributed by atoms with E-state index in [0.717, 1.165) is 24.3 Å². The summed E-state index contributed by atoms with van der Waals surface area (Å²) in [6.07, 6.45) is 0.828. The van der Waals surface area contributed by atoms with Crippen LogP contribution >= 0.6 is 0 Å². The molecule has 2 aromatic rings. The van der Waals surface area contributed by atoms with Gasteiger partial charge < -0.3 is 10.2 Å². The molecule has 4 heteroatoms. The van der Waals surface area contributed by atoms with Crippen molar-refractivity contribution >= 4 is 17.3 Å². The lowest BCUT2D eigenvalue weighted by Gasteiger charge is -2.22. The van der Waals surface area contributed by atoms with Crippen molar-refractivity contribution in [3.63, 3.8) is 0 Å². The molecular formula is C16H15FN2O. The van der Waals surface area contributed by atoms with Crippen molar-refractivity contribution in [2.24, 2.45) is 0 Å². The number of para-hydroxylation sites is 2. The van der Waals surface area contributed by atoms with Gasteiger partial charge in [0.1, 0.15) is 5.82 Å². The molecule has 0 fully saturated rings. The van der Waals surface area contributed by atoms with Gasteiger partial charge in [-0.1, -0.05) is 24.3 Å². The number of fused-ring (bicyclic) bond motifs is 1. The van der Waals surface area contributed by atoms with Crippen LogP contribution in [0.1, 0.15) is 16.8 Å². The number of amides is 1. The summed E-state index contributed by atoms with van der Waals surface area (Å²) in [7, 11) is 0. The van der Waals surface area contributed by atoms with Crippen LogP contribution in [-0.2, 0) is 0 Å². The standard InChI is InChI=1S/C16H15FN2O/c17-13-7-2-1-6-12(13)16(20)19-11-5-10-18-14-8-3-4-9-15(14)19/h1-4,6-9,18H,5,10-11H2. The van der Waals surface area contributed by atoms with E-state index in [0.29, 0.717) is 6.54 Å². The number of nitrogens with one attached hydrogen (secondary N) is 1. The zero-order valence-corrected chi connectivity index (χ0v) is 11.0. The number of hydrogen-bond acceptors (Lipinski definition) is 2. The minimum absolute atomic E-state index is 0.115. The van der Waals surface area contributed by atoms with Crippen molar-refractivity contribution < 1.29 is 9.18 Å². The summed E-state index contributed by atoms with van der Waals surface area (Å²) in [5.41, 5.74) is 1.83. The van der Waals surface area contributed by atoms with Gasteiger partial charge in [0.15, 0.2) is 0 Å². The van der Waals surface area contributed by atoms with E-state index in [9.17, 15) is 9.18 Å². The first-order valence-corrected chi connectivity index (χ1v) is 6.66. The third-order valence-corrected chi connectivity index (χ3v) is 3.42. The minimum Gasteiger partial charge on any atom is -0.383 e. The first-order valence-electron chi connectivity index (χ1n) is 6.66. The molecular weight excluding hydrogens is 255 g/mol. The number of halogens is 1. The zero-order chi connectivity index (χ0) is 13.9. The fraction of sp³-hybridized carbons (Fsp3) is 0.188. The van der Waals surface area contributed by atoms with E-state index in [4.69, 9.17) is 0 Å². The highest BCUT2D eigenvalue weighted by Crippen LogP contribution is 2.29. The SMILES string of the molecule is O=C(c1ccccc1F)N1CCCNc2ccccc21. The zero-order valence-electron chi connectivity index (χ0n) is 11.0. The summed E-state index contributed by atoms with van der Waals surface area (Å²) >= 11 is 0. The second kappa shape index (κ2) is 5.33. The van der Waals surface area contributed by atoms with Gasteiger partial charge in [-0.3, -0.25) is 4.79 Å². The molecule has 0 saturated heterocycles. The van der Waals surface area contributed by atoms with E-state index in [1.807, 2.05) is 24.3 Å². The first-order chi connectivity index (χ1) is 9.77. The van der Waals surface area contributed by atoms with Crippen LogP contribution in [0.2, 0.25) is 0 Å². The number of carbonyl (C=O) groups excluding carboxylic acids is 1. The quantitative estimate of drug-likeness (QED) is 0.862. The Hall–Kier alpha value is -2.36. The lowest BCUT2D eigenvalue weighted by atomic mass is 10.1. The van der Waals surface area contributed by atoms with Crippen LogP contribution in [0.15, 0.2) is 48.5 Å². The fourth-order valence-corrected chi connectivity index (χ4v) is 2.43. The molecule has 0 atom stereocenters. The molecule has 1 N–H and O–H groups in total. The number of anilines is 2. The van der Waals surface area contributed by atoms with Crippen LogP contribution in [0, 0.1) is 5.82 Å². The smallest absolute Gasteiger partial charge is 0.261 e. The Bertz CT molecular complexity index is 642. The van der Waals surface area contributed by atoms with Gasteiger partial charge >= 0.3 is 0 Å². The summed E-state index contributed by atoms with van der Waals surface area (Å²) < 4.78 is 13.8. The minimum atomic E-state index is -0.479. The van der Waals surface area contributed by atoms with E-state index in [-0.39, 0.29) is 11.5 Å². The molecule has 0 radical (unpaired) electrons. The predicted octanol–water partition coefficient (Wildman–Crippen LogP) is 3.29. The third-order valence-electron chi connectivity index (χ3n) is 3.42. The number of carbonyl (C=O) groups is 1. The molecule has 20 heavy (non-hydrogen) atoms. The first kappa shape index (κ1) is 12.7. The van der Waals surface area contributed by atoms with Crippen molar-refractivity contribution in [3.05, 3.63) is 59.9 Å². The number of nitrogens with zero attached hydrogens (tertiary/aromatic N) is 1. The average Bonchev–Trinajstić information content (AvgIpc) is 2.69. The van der Waals surface area contributed by atoms with Crippen molar-refractivity contribution in [1.29, 1.82) is 0 Å². The molecule has 0 unspecified atom stereocenters. The predicted molar refractivity (Wildman–Crippen MR) is 77.6 cm³/mol. The molecule has 0 bridgehead atoms. The number of rotatable bonds is 1. The van der Waals surface area contributed by atoms with Crippen molar-refractivity contribution in [3.8, 4) is 0 Å². The number of hydrogen-bond donors (Lipinski definition) is 1. The summed E-state index contributed by atoms with van der Waals surface area (Å²) in [6, 6.07) is 13.7. The molecule has 0 aromatic heterocycles. The molecule has 3 nitrogen and oxygen atoms in total. The second-order valence-corrected chi connectivity index (χ2v) is 4.73. The highest BCUT2D eigenvalue weighted by Gasteiger charge is 2.23. The average molecular weight is 270 g/mol. The second-order valence-electron chi connectivity index (χ2n) is 4.73. The summed E-state index contributed by atoms with van der Waals surface area (Å²) in [4.78, 5) is 14.2. The maximum absolute atomic E-state index is 13.8. The Balaban J connectivity index is 2.02. The topological polar surface area (TPSA) is 32.3 Å². The van der Waals surface area contributed by atoms with Crippen molar-refractivity contribution in [1.82, 2.24) is 0 Å². The van der Waals surface area contributed by atoms with Gasteiger partial charge in [0.05, 0.1) is 16.9 Å². The Kier molecular flexibility index (Phi) is 3.37. The van der Waals surface area contributed by atoms with Gasteiger partial charge in [0.2, 0.25) is 0 Å². The van der Waals surface area contributed by atoms with E-state index in [2.05, 4.69) is 5.32 Å².